The number of hydrogen-bond donors (Lipinski definition) is 1. The molecule has 0 unspecified atom stereocenters. The number of benzene rings is 2. The lowest BCUT2D eigenvalue weighted by atomic mass is 10.1. The molecular formula is C14H12BrF2N. The zero-order chi connectivity index (χ0) is 13.1. The van der Waals surface area contributed by atoms with Crippen LogP contribution in [0.5, 0.6) is 0 Å². The first kappa shape index (κ1) is 13.0. The lowest BCUT2D eigenvalue weighted by molar-refractivity contribution is 0.588. The number of anilines is 1. The van der Waals surface area contributed by atoms with Crippen LogP contribution in [0.25, 0.3) is 0 Å². The van der Waals surface area contributed by atoms with E-state index in [0.717, 1.165) is 15.6 Å². The van der Waals surface area contributed by atoms with Gasteiger partial charge in [-0.3, -0.25) is 0 Å². The molecule has 2 aromatic carbocycles. The van der Waals surface area contributed by atoms with Gasteiger partial charge in [-0.2, -0.15) is 0 Å². The monoisotopic (exact) mass is 311 g/mol. The second-order valence-electron chi connectivity index (χ2n) is 4.03. The van der Waals surface area contributed by atoms with Crippen molar-refractivity contribution >= 4 is 21.6 Å². The van der Waals surface area contributed by atoms with Crippen LogP contribution < -0.4 is 5.32 Å². The molecule has 0 atom stereocenters. The van der Waals surface area contributed by atoms with Gasteiger partial charge in [0.05, 0.1) is 0 Å². The summed E-state index contributed by atoms with van der Waals surface area (Å²) in [4.78, 5) is 0. The molecule has 0 saturated heterocycles. The number of hydrogen-bond acceptors (Lipinski definition) is 1. The minimum absolute atomic E-state index is 0.0887. The Bertz CT molecular complexity index is 549. The molecule has 0 heterocycles. The van der Waals surface area contributed by atoms with Crippen LogP contribution in [0.2, 0.25) is 0 Å². The maximum Gasteiger partial charge on any atom is 0.149 e. The van der Waals surface area contributed by atoms with Crippen molar-refractivity contribution in [1.82, 2.24) is 0 Å². The maximum atomic E-state index is 13.4. The summed E-state index contributed by atoms with van der Waals surface area (Å²) in [5, 5.41) is 2.77. The van der Waals surface area contributed by atoms with Crippen molar-refractivity contribution in [3.05, 3.63) is 63.6 Å². The molecular weight excluding hydrogens is 300 g/mol. The van der Waals surface area contributed by atoms with Gasteiger partial charge in [0.1, 0.15) is 17.3 Å². The molecule has 1 N–H and O–H groups in total. The smallest absolute Gasteiger partial charge is 0.149 e. The van der Waals surface area contributed by atoms with E-state index in [1.165, 1.54) is 18.2 Å². The zero-order valence-electron chi connectivity index (χ0n) is 9.81. The third-order valence-corrected chi connectivity index (χ3v) is 3.52. The Labute approximate surface area is 113 Å². The number of aryl methyl sites for hydroxylation is 1. The van der Waals surface area contributed by atoms with Crippen molar-refractivity contribution in [1.29, 1.82) is 0 Å². The summed E-state index contributed by atoms with van der Waals surface area (Å²) in [7, 11) is 0. The molecule has 1 nitrogen and oxygen atoms in total. The van der Waals surface area contributed by atoms with Gasteiger partial charge in [-0.25, -0.2) is 8.78 Å². The summed E-state index contributed by atoms with van der Waals surface area (Å²) < 4.78 is 27.8. The third kappa shape index (κ3) is 2.88. The fraction of sp³-hybridized carbons (Fsp3) is 0.143. The van der Waals surface area contributed by atoms with E-state index in [4.69, 9.17) is 0 Å². The topological polar surface area (TPSA) is 12.0 Å². The van der Waals surface area contributed by atoms with Gasteiger partial charge >= 0.3 is 0 Å². The molecule has 0 fully saturated rings. The number of nitrogens with one attached hydrogen (secondary N) is 1. The minimum atomic E-state index is -0.582. The summed E-state index contributed by atoms with van der Waals surface area (Å²) in [6, 6.07) is 9.62. The van der Waals surface area contributed by atoms with Crippen LogP contribution in [0.3, 0.4) is 0 Å². The first-order chi connectivity index (χ1) is 8.58. The van der Waals surface area contributed by atoms with Gasteiger partial charge in [-0.1, -0.05) is 34.1 Å². The van der Waals surface area contributed by atoms with Crippen LogP contribution in [-0.4, -0.2) is 0 Å². The summed E-state index contributed by atoms with van der Waals surface area (Å²) in [5.74, 6) is -1.16. The largest absolute Gasteiger partial charge is 0.376 e. The molecule has 0 aromatic heterocycles. The van der Waals surface area contributed by atoms with Crippen LogP contribution >= 0.6 is 15.9 Å². The zero-order valence-corrected chi connectivity index (χ0v) is 11.4. The molecule has 18 heavy (non-hydrogen) atoms. The lowest BCUT2D eigenvalue weighted by Gasteiger charge is -2.09. The molecule has 0 amide bonds. The van der Waals surface area contributed by atoms with Gasteiger partial charge in [0.25, 0.3) is 0 Å². The predicted octanol–water partition coefficient (Wildman–Crippen LogP) is 4.65. The highest BCUT2D eigenvalue weighted by atomic mass is 79.9. The number of para-hydroxylation sites is 1. The highest BCUT2D eigenvalue weighted by Gasteiger charge is 2.07. The Kier molecular flexibility index (Phi) is 3.97. The van der Waals surface area contributed by atoms with Crippen molar-refractivity contribution in [3.63, 3.8) is 0 Å². The maximum absolute atomic E-state index is 13.4. The third-order valence-electron chi connectivity index (χ3n) is 2.67. The van der Waals surface area contributed by atoms with E-state index in [9.17, 15) is 8.78 Å². The first-order valence-corrected chi connectivity index (χ1v) is 6.30. The van der Waals surface area contributed by atoms with Gasteiger partial charge in [0.2, 0.25) is 0 Å². The highest BCUT2D eigenvalue weighted by molar-refractivity contribution is 9.10. The van der Waals surface area contributed by atoms with E-state index < -0.39 is 11.6 Å². The molecule has 0 aliphatic heterocycles. The van der Waals surface area contributed by atoms with Crippen molar-refractivity contribution in [2.24, 2.45) is 0 Å². The Balaban J connectivity index is 2.14. The molecule has 0 aliphatic carbocycles. The average Bonchev–Trinajstić information content (AvgIpc) is 2.33. The molecule has 0 radical (unpaired) electrons. The van der Waals surface area contributed by atoms with E-state index in [1.54, 1.807) is 0 Å². The Hall–Kier alpha value is -1.42. The van der Waals surface area contributed by atoms with Gasteiger partial charge in [-0.15, -0.1) is 0 Å². The molecule has 94 valence electrons. The predicted molar refractivity (Wildman–Crippen MR) is 72.6 cm³/mol. The van der Waals surface area contributed by atoms with Gasteiger partial charge in [-0.05, 0) is 36.2 Å². The SMILES string of the molecule is Cc1ccc(CNc2c(F)cccc2F)cc1Br. The van der Waals surface area contributed by atoms with E-state index >= 15 is 0 Å². The van der Waals surface area contributed by atoms with Crippen LogP contribution in [-0.2, 0) is 6.54 Å². The summed E-state index contributed by atoms with van der Waals surface area (Å²) in [5.41, 5.74) is 1.99. The van der Waals surface area contributed by atoms with Crippen LogP contribution in [0.1, 0.15) is 11.1 Å². The number of rotatable bonds is 3. The van der Waals surface area contributed by atoms with Gasteiger partial charge in [0.15, 0.2) is 0 Å². The molecule has 2 rings (SSSR count). The van der Waals surface area contributed by atoms with E-state index in [1.807, 2.05) is 25.1 Å². The van der Waals surface area contributed by atoms with Gasteiger partial charge < -0.3 is 5.32 Å². The lowest BCUT2D eigenvalue weighted by Crippen LogP contribution is -2.03. The quantitative estimate of drug-likeness (QED) is 0.870. The van der Waals surface area contributed by atoms with Crippen molar-refractivity contribution in [2.45, 2.75) is 13.5 Å². The van der Waals surface area contributed by atoms with Crippen LogP contribution in [0, 0.1) is 18.6 Å². The Morgan fingerprint density at radius 1 is 1.11 bits per heavy atom. The van der Waals surface area contributed by atoms with Crippen molar-refractivity contribution in [2.75, 3.05) is 5.32 Å². The van der Waals surface area contributed by atoms with Crippen LogP contribution in [0.15, 0.2) is 40.9 Å². The highest BCUT2D eigenvalue weighted by Crippen LogP contribution is 2.21. The molecule has 0 saturated carbocycles. The van der Waals surface area contributed by atoms with Crippen molar-refractivity contribution in [3.8, 4) is 0 Å². The van der Waals surface area contributed by atoms with Crippen molar-refractivity contribution < 1.29 is 8.78 Å². The second kappa shape index (κ2) is 5.48. The molecule has 4 heteroatoms. The first-order valence-electron chi connectivity index (χ1n) is 5.51. The Morgan fingerprint density at radius 2 is 1.78 bits per heavy atom. The fourth-order valence-corrected chi connectivity index (χ4v) is 2.03. The average molecular weight is 312 g/mol. The minimum Gasteiger partial charge on any atom is -0.376 e. The summed E-state index contributed by atoms with van der Waals surface area (Å²) in [6.07, 6.45) is 0. The molecule has 0 aliphatic rings. The molecule has 0 bridgehead atoms. The van der Waals surface area contributed by atoms with E-state index in [2.05, 4.69) is 21.2 Å². The van der Waals surface area contributed by atoms with Gasteiger partial charge in [0, 0.05) is 11.0 Å². The number of halogens is 3. The Morgan fingerprint density at radius 3 is 2.39 bits per heavy atom. The molecule has 0 spiro atoms. The van der Waals surface area contributed by atoms with Crippen LogP contribution in [0.4, 0.5) is 14.5 Å². The molecule has 2 aromatic rings. The summed E-state index contributed by atoms with van der Waals surface area (Å²) in [6.45, 7) is 2.36. The van der Waals surface area contributed by atoms with E-state index in [-0.39, 0.29) is 5.69 Å². The second-order valence-corrected chi connectivity index (χ2v) is 4.89. The fourth-order valence-electron chi connectivity index (χ4n) is 1.60. The standard InChI is InChI=1S/C14H12BrF2N/c1-9-5-6-10(7-11(9)15)8-18-14-12(16)3-2-4-13(14)17/h2-7,18H,8H2,1H3. The normalized spacial score (nSPS) is 10.4. The van der Waals surface area contributed by atoms with E-state index in [0.29, 0.717) is 6.54 Å². The summed E-state index contributed by atoms with van der Waals surface area (Å²) >= 11 is 3.43.